The lowest BCUT2D eigenvalue weighted by atomic mass is 9.80. The first-order chi connectivity index (χ1) is 9.70. The average Bonchev–Trinajstić information content (AvgIpc) is 2.73. The standard InChI is InChI=1S/C15H16N2O3/c18-14-12-7-6-11(16-20)8-13(12)15(19)17(14)9-10-4-2-1-3-5-10/h1-5,12-13,20H,6-9H2/b16-11+. The molecule has 1 aromatic rings. The van der Waals surface area contributed by atoms with E-state index in [-0.39, 0.29) is 23.7 Å². The normalized spacial score (nSPS) is 28.0. The number of carbonyl (C=O) groups is 2. The third-order valence-corrected chi connectivity index (χ3v) is 4.18. The highest BCUT2D eigenvalue weighted by Gasteiger charge is 2.49. The Morgan fingerprint density at radius 2 is 1.85 bits per heavy atom. The predicted molar refractivity (Wildman–Crippen MR) is 72.1 cm³/mol. The molecule has 2 amide bonds. The highest BCUT2D eigenvalue weighted by Crippen LogP contribution is 2.37. The zero-order chi connectivity index (χ0) is 14.1. The Morgan fingerprint density at radius 1 is 1.15 bits per heavy atom. The van der Waals surface area contributed by atoms with Gasteiger partial charge in [-0.25, -0.2) is 0 Å². The SMILES string of the molecule is O=C1C2CC/C(=N\O)CC2C(=O)N1Cc1ccccc1. The molecule has 1 N–H and O–H groups in total. The molecule has 2 atom stereocenters. The largest absolute Gasteiger partial charge is 0.411 e. The molecule has 5 nitrogen and oxygen atoms in total. The molecule has 2 fully saturated rings. The highest BCUT2D eigenvalue weighted by molar-refractivity contribution is 6.07. The van der Waals surface area contributed by atoms with E-state index in [1.165, 1.54) is 4.90 Å². The molecule has 3 rings (SSSR count). The van der Waals surface area contributed by atoms with Crippen molar-refractivity contribution in [1.82, 2.24) is 4.90 Å². The van der Waals surface area contributed by atoms with E-state index in [1.807, 2.05) is 30.3 Å². The number of rotatable bonds is 2. The number of hydrogen-bond acceptors (Lipinski definition) is 4. The first kappa shape index (κ1) is 12.8. The van der Waals surface area contributed by atoms with E-state index in [4.69, 9.17) is 5.21 Å². The minimum absolute atomic E-state index is 0.0826. The van der Waals surface area contributed by atoms with Crippen LogP contribution in [0.25, 0.3) is 0 Å². The van der Waals surface area contributed by atoms with Crippen LogP contribution in [0.5, 0.6) is 0 Å². The van der Waals surface area contributed by atoms with Gasteiger partial charge in [-0.15, -0.1) is 0 Å². The molecule has 20 heavy (non-hydrogen) atoms. The number of likely N-dealkylation sites (tertiary alicyclic amines) is 1. The summed E-state index contributed by atoms with van der Waals surface area (Å²) in [4.78, 5) is 26.1. The molecular weight excluding hydrogens is 256 g/mol. The van der Waals surface area contributed by atoms with Crippen LogP contribution in [0.2, 0.25) is 0 Å². The summed E-state index contributed by atoms with van der Waals surface area (Å²) in [6, 6.07) is 9.50. The van der Waals surface area contributed by atoms with Crippen molar-refractivity contribution in [3.8, 4) is 0 Å². The summed E-state index contributed by atoms with van der Waals surface area (Å²) in [5.74, 6) is -0.798. The number of benzene rings is 1. The molecule has 1 aliphatic heterocycles. The van der Waals surface area contributed by atoms with Gasteiger partial charge in [0.25, 0.3) is 0 Å². The molecule has 0 bridgehead atoms. The van der Waals surface area contributed by atoms with Crippen LogP contribution < -0.4 is 0 Å². The molecule has 1 saturated carbocycles. The summed E-state index contributed by atoms with van der Waals surface area (Å²) in [6.07, 6.45) is 1.59. The Hall–Kier alpha value is -2.17. The van der Waals surface area contributed by atoms with Crippen LogP contribution in [0.4, 0.5) is 0 Å². The van der Waals surface area contributed by atoms with Crippen molar-refractivity contribution in [3.63, 3.8) is 0 Å². The van der Waals surface area contributed by atoms with Gasteiger partial charge in [0.05, 0.1) is 24.1 Å². The minimum atomic E-state index is -0.342. The maximum absolute atomic E-state index is 12.4. The molecule has 1 heterocycles. The number of hydrogen-bond donors (Lipinski definition) is 1. The van der Waals surface area contributed by atoms with Crippen molar-refractivity contribution in [2.45, 2.75) is 25.8 Å². The van der Waals surface area contributed by atoms with Crippen LogP contribution in [0.1, 0.15) is 24.8 Å². The smallest absolute Gasteiger partial charge is 0.233 e. The van der Waals surface area contributed by atoms with Crippen LogP contribution in [0, 0.1) is 11.8 Å². The fourth-order valence-corrected chi connectivity index (χ4v) is 3.10. The van der Waals surface area contributed by atoms with Gasteiger partial charge in [-0.1, -0.05) is 35.5 Å². The van der Waals surface area contributed by atoms with Crippen LogP contribution in [0.3, 0.4) is 0 Å². The van der Waals surface area contributed by atoms with Crippen LogP contribution in [0.15, 0.2) is 35.5 Å². The lowest BCUT2D eigenvalue weighted by Crippen LogP contribution is -2.30. The topological polar surface area (TPSA) is 70.0 Å². The van der Waals surface area contributed by atoms with E-state index in [1.54, 1.807) is 0 Å². The number of nitrogens with zero attached hydrogens (tertiary/aromatic N) is 2. The van der Waals surface area contributed by atoms with Crippen molar-refractivity contribution < 1.29 is 14.8 Å². The first-order valence-corrected chi connectivity index (χ1v) is 6.79. The fourth-order valence-electron chi connectivity index (χ4n) is 3.10. The van der Waals surface area contributed by atoms with Crippen molar-refractivity contribution in [2.24, 2.45) is 17.0 Å². The van der Waals surface area contributed by atoms with Gasteiger partial charge in [0, 0.05) is 6.42 Å². The molecule has 1 aliphatic carbocycles. The number of fused-ring (bicyclic) bond motifs is 1. The van der Waals surface area contributed by atoms with Crippen molar-refractivity contribution >= 4 is 17.5 Å². The zero-order valence-corrected chi connectivity index (χ0v) is 11.0. The van der Waals surface area contributed by atoms with Crippen molar-refractivity contribution in [1.29, 1.82) is 0 Å². The second kappa shape index (κ2) is 5.07. The lowest BCUT2D eigenvalue weighted by Gasteiger charge is -2.20. The summed E-state index contributed by atoms with van der Waals surface area (Å²) in [5.41, 5.74) is 1.57. The Balaban J connectivity index is 1.80. The van der Waals surface area contributed by atoms with Crippen LogP contribution in [-0.2, 0) is 16.1 Å². The van der Waals surface area contributed by atoms with Gasteiger partial charge in [0.1, 0.15) is 0 Å². The summed E-state index contributed by atoms with van der Waals surface area (Å²) in [7, 11) is 0. The monoisotopic (exact) mass is 272 g/mol. The first-order valence-electron chi connectivity index (χ1n) is 6.79. The van der Waals surface area contributed by atoms with Crippen molar-refractivity contribution in [3.05, 3.63) is 35.9 Å². The molecule has 5 heteroatoms. The van der Waals surface area contributed by atoms with Gasteiger partial charge in [0.15, 0.2) is 0 Å². The second-order valence-corrected chi connectivity index (χ2v) is 5.37. The van der Waals surface area contributed by atoms with E-state index in [0.29, 0.717) is 31.5 Å². The summed E-state index contributed by atoms with van der Waals surface area (Å²) < 4.78 is 0. The molecule has 1 aromatic carbocycles. The third kappa shape index (κ3) is 2.09. The third-order valence-electron chi connectivity index (χ3n) is 4.18. The molecule has 2 aliphatic rings. The Morgan fingerprint density at radius 3 is 2.55 bits per heavy atom. The Kier molecular flexibility index (Phi) is 3.26. The van der Waals surface area contributed by atoms with Gasteiger partial charge in [0.2, 0.25) is 11.8 Å². The highest BCUT2D eigenvalue weighted by atomic mass is 16.4. The second-order valence-electron chi connectivity index (χ2n) is 5.37. The van der Waals surface area contributed by atoms with Gasteiger partial charge in [-0.2, -0.15) is 0 Å². The quantitative estimate of drug-likeness (QED) is 0.507. The molecule has 0 aromatic heterocycles. The number of carbonyl (C=O) groups excluding carboxylic acids is 2. The van der Waals surface area contributed by atoms with Gasteiger partial charge < -0.3 is 5.21 Å². The molecule has 1 saturated heterocycles. The summed E-state index contributed by atoms with van der Waals surface area (Å²) in [6.45, 7) is 0.330. The maximum Gasteiger partial charge on any atom is 0.233 e. The van der Waals surface area contributed by atoms with Crippen molar-refractivity contribution in [2.75, 3.05) is 0 Å². The summed E-state index contributed by atoms with van der Waals surface area (Å²) in [5, 5.41) is 12.1. The Labute approximate surface area is 116 Å². The number of amides is 2. The Bertz CT molecular complexity index is 568. The molecule has 0 radical (unpaired) electrons. The van der Waals surface area contributed by atoms with E-state index < -0.39 is 0 Å². The van der Waals surface area contributed by atoms with Gasteiger partial charge >= 0.3 is 0 Å². The predicted octanol–water partition coefficient (Wildman–Crippen LogP) is 1.80. The minimum Gasteiger partial charge on any atom is -0.411 e. The van der Waals surface area contributed by atoms with Gasteiger partial charge in [-0.05, 0) is 18.4 Å². The van der Waals surface area contributed by atoms with E-state index >= 15 is 0 Å². The van der Waals surface area contributed by atoms with E-state index in [9.17, 15) is 9.59 Å². The summed E-state index contributed by atoms with van der Waals surface area (Å²) >= 11 is 0. The molecule has 104 valence electrons. The molecular formula is C15H16N2O3. The van der Waals surface area contributed by atoms with Crippen LogP contribution >= 0.6 is 0 Å². The number of imide groups is 1. The van der Waals surface area contributed by atoms with E-state index in [2.05, 4.69) is 5.16 Å². The van der Waals surface area contributed by atoms with Crippen LogP contribution in [-0.4, -0.2) is 27.6 Å². The maximum atomic E-state index is 12.4. The van der Waals surface area contributed by atoms with E-state index in [0.717, 1.165) is 5.56 Å². The fraction of sp³-hybridized carbons (Fsp3) is 0.400. The molecule has 0 spiro atoms. The zero-order valence-electron chi connectivity index (χ0n) is 11.0. The lowest BCUT2D eigenvalue weighted by molar-refractivity contribution is -0.140. The average molecular weight is 272 g/mol. The van der Waals surface area contributed by atoms with Gasteiger partial charge in [-0.3, -0.25) is 14.5 Å². The molecule has 2 unspecified atom stereocenters. The number of oxime groups is 1.